The van der Waals surface area contributed by atoms with Gasteiger partial charge in [-0.1, -0.05) is 12.1 Å². The Morgan fingerprint density at radius 3 is 2.23 bits per heavy atom. The van der Waals surface area contributed by atoms with Crippen LogP contribution in [0.3, 0.4) is 0 Å². The lowest BCUT2D eigenvalue weighted by Crippen LogP contribution is -2.40. The number of carbonyl (C=O) groups excluding carboxylic acids is 2. The molecule has 0 atom stereocenters. The minimum atomic E-state index is -0.616. The summed E-state index contributed by atoms with van der Waals surface area (Å²) in [6.07, 6.45) is 0. The Balaban J connectivity index is 2.31. The Kier molecular flexibility index (Phi) is 5.65. The van der Waals surface area contributed by atoms with Crippen LogP contribution in [0.15, 0.2) is 36.4 Å². The molecule has 0 saturated carbocycles. The van der Waals surface area contributed by atoms with Crippen molar-refractivity contribution >= 4 is 17.5 Å². The summed E-state index contributed by atoms with van der Waals surface area (Å²) in [5, 5.41) is 5.61. The van der Waals surface area contributed by atoms with Crippen molar-refractivity contribution in [1.82, 2.24) is 5.32 Å². The van der Waals surface area contributed by atoms with Crippen molar-refractivity contribution in [2.45, 2.75) is 33.2 Å². The van der Waals surface area contributed by atoms with Gasteiger partial charge in [-0.05, 0) is 57.5 Å². The van der Waals surface area contributed by atoms with Crippen LogP contribution in [0.4, 0.5) is 10.1 Å². The second kappa shape index (κ2) is 7.56. The zero-order chi connectivity index (χ0) is 19.5. The van der Waals surface area contributed by atoms with Crippen LogP contribution >= 0.6 is 0 Å². The van der Waals surface area contributed by atoms with Crippen LogP contribution in [0.25, 0.3) is 0 Å². The van der Waals surface area contributed by atoms with E-state index in [-0.39, 0.29) is 22.8 Å². The first-order chi connectivity index (χ1) is 12.1. The van der Waals surface area contributed by atoms with Gasteiger partial charge in [0.15, 0.2) is 11.6 Å². The molecule has 0 fully saturated rings. The summed E-state index contributed by atoms with van der Waals surface area (Å²) in [6.45, 7) is 7.42. The first-order valence-corrected chi connectivity index (χ1v) is 8.20. The summed E-state index contributed by atoms with van der Waals surface area (Å²) in [5.74, 6) is -1.48. The standard InChI is InChI=1S/C20H23FN2O3/c1-12-13(19(25)23-20(2,3)4)8-7-11-16(12)22-18(24)14-9-6-10-15(21)17(14)26-5/h6-11H,1-5H3,(H,22,24)(H,23,25). The zero-order valence-corrected chi connectivity index (χ0v) is 15.6. The van der Waals surface area contributed by atoms with Gasteiger partial charge in [0, 0.05) is 16.8 Å². The number of nitrogens with one attached hydrogen (secondary N) is 2. The van der Waals surface area contributed by atoms with E-state index in [0.29, 0.717) is 16.8 Å². The average Bonchev–Trinajstić information content (AvgIpc) is 2.54. The van der Waals surface area contributed by atoms with Crippen molar-refractivity contribution in [3.8, 4) is 5.75 Å². The van der Waals surface area contributed by atoms with Gasteiger partial charge >= 0.3 is 0 Å². The normalized spacial score (nSPS) is 11.0. The molecule has 2 aromatic rings. The minimum absolute atomic E-state index is 0.0800. The molecule has 0 bridgehead atoms. The molecule has 0 aliphatic rings. The molecule has 0 aliphatic heterocycles. The molecule has 6 heteroatoms. The number of benzene rings is 2. The molecule has 0 aromatic heterocycles. The van der Waals surface area contributed by atoms with Crippen LogP contribution in [0.5, 0.6) is 5.75 Å². The van der Waals surface area contributed by atoms with Crippen LogP contribution in [-0.4, -0.2) is 24.5 Å². The van der Waals surface area contributed by atoms with Gasteiger partial charge in [0.2, 0.25) is 0 Å². The number of methoxy groups -OCH3 is 1. The van der Waals surface area contributed by atoms with Gasteiger partial charge in [-0.15, -0.1) is 0 Å². The summed E-state index contributed by atoms with van der Waals surface area (Å²) >= 11 is 0. The second-order valence-corrected chi connectivity index (χ2v) is 6.96. The maximum Gasteiger partial charge on any atom is 0.259 e. The maximum absolute atomic E-state index is 13.8. The van der Waals surface area contributed by atoms with Crippen molar-refractivity contribution in [3.63, 3.8) is 0 Å². The van der Waals surface area contributed by atoms with Gasteiger partial charge < -0.3 is 15.4 Å². The highest BCUT2D eigenvalue weighted by Gasteiger charge is 2.20. The highest BCUT2D eigenvalue weighted by atomic mass is 19.1. The maximum atomic E-state index is 13.8. The van der Waals surface area contributed by atoms with Gasteiger partial charge in [-0.25, -0.2) is 4.39 Å². The number of anilines is 1. The van der Waals surface area contributed by atoms with Crippen LogP contribution in [0.1, 0.15) is 47.1 Å². The van der Waals surface area contributed by atoms with Crippen LogP contribution < -0.4 is 15.4 Å². The predicted octanol–water partition coefficient (Wildman–Crippen LogP) is 3.92. The third-order valence-corrected chi connectivity index (χ3v) is 3.73. The molecule has 26 heavy (non-hydrogen) atoms. The fraction of sp³-hybridized carbons (Fsp3) is 0.300. The Bertz CT molecular complexity index is 841. The second-order valence-electron chi connectivity index (χ2n) is 6.96. The Morgan fingerprint density at radius 1 is 1.00 bits per heavy atom. The molecule has 0 spiro atoms. The van der Waals surface area contributed by atoms with Gasteiger partial charge in [-0.3, -0.25) is 9.59 Å². The van der Waals surface area contributed by atoms with E-state index in [1.54, 1.807) is 25.1 Å². The fourth-order valence-electron chi connectivity index (χ4n) is 2.51. The molecule has 0 heterocycles. The summed E-state index contributed by atoms with van der Waals surface area (Å²) in [6, 6.07) is 9.19. The van der Waals surface area contributed by atoms with E-state index < -0.39 is 11.7 Å². The van der Waals surface area contributed by atoms with E-state index in [1.807, 2.05) is 20.8 Å². The van der Waals surface area contributed by atoms with Crippen LogP contribution in [0, 0.1) is 12.7 Å². The summed E-state index contributed by atoms with van der Waals surface area (Å²) in [4.78, 5) is 25.0. The number of para-hydroxylation sites is 1. The van der Waals surface area contributed by atoms with Crippen molar-refractivity contribution in [2.24, 2.45) is 0 Å². The number of halogens is 1. The number of hydrogen-bond donors (Lipinski definition) is 2. The zero-order valence-electron chi connectivity index (χ0n) is 15.6. The highest BCUT2D eigenvalue weighted by molar-refractivity contribution is 6.07. The molecule has 5 nitrogen and oxygen atoms in total. The molecule has 2 rings (SSSR count). The van der Waals surface area contributed by atoms with Gasteiger partial charge in [0.1, 0.15) is 0 Å². The van der Waals surface area contributed by atoms with Gasteiger partial charge in [0.25, 0.3) is 11.8 Å². The fourth-order valence-corrected chi connectivity index (χ4v) is 2.51. The molecular formula is C20H23FN2O3. The molecular weight excluding hydrogens is 335 g/mol. The van der Waals surface area contributed by atoms with E-state index in [2.05, 4.69) is 10.6 Å². The first kappa shape index (κ1) is 19.4. The van der Waals surface area contributed by atoms with E-state index in [0.717, 1.165) is 0 Å². The van der Waals surface area contributed by atoms with Gasteiger partial charge in [0.05, 0.1) is 12.7 Å². The van der Waals surface area contributed by atoms with Gasteiger partial charge in [-0.2, -0.15) is 0 Å². The van der Waals surface area contributed by atoms with E-state index in [1.165, 1.54) is 25.3 Å². The number of hydrogen-bond acceptors (Lipinski definition) is 3. The van der Waals surface area contributed by atoms with Crippen molar-refractivity contribution in [3.05, 3.63) is 58.9 Å². The van der Waals surface area contributed by atoms with E-state index in [9.17, 15) is 14.0 Å². The Hall–Kier alpha value is -2.89. The lowest BCUT2D eigenvalue weighted by Gasteiger charge is -2.21. The number of carbonyl (C=O) groups is 2. The monoisotopic (exact) mass is 358 g/mol. The first-order valence-electron chi connectivity index (χ1n) is 8.20. The molecule has 0 aliphatic carbocycles. The molecule has 2 amide bonds. The number of rotatable bonds is 4. The number of ether oxygens (including phenoxy) is 1. The number of amides is 2. The quantitative estimate of drug-likeness (QED) is 0.870. The largest absolute Gasteiger partial charge is 0.493 e. The SMILES string of the molecule is COc1c(F)cccc1C(=O)Nc1cccc(C(=O)NC(C)(C)C)c1C. The van der Waals surface area contributed by atoms with Crippen LogP contribution in [0.2, 0.25) is 0 Å². The van der Waals surface area contributed by atoms with E-state index >= 15 is 0 Å². The third-order valence-electron chi connectivity index (χ3n) is 3.73. The minimum Gasteiger partial charge on any atom is -0.493 e. The lowest BCUT2D eigenvalue weighted by atomic mass is 10.0. The molecule has 0 radical (unpaired) electrons. The Morgan fingerprint density at radius 2 is 1.62 bits per heavy atom. The third kappa shape index (κ3) is 4.39. The molecule has 138 valence electrons. The summed E-state index contributed by atoms with van der Waals surface area (Å²) in [5.41, 5.74) is 1.26. The lowest BCUT2D eigenvalue weighted by molar-refractivity contribution is 0.0917. The molecule has 0 saturated heterocycles. The van der Waals surface area contributed by atoms with Crippen molar-refractivity contribution in [2.75, 3.05) is 12.4 Å². The van der Waals surface area contributed by atoms with Crippen LogP contribution in [-0.2, 0) is 0 Å². The van der Waals surface area contributed by atoms with E-state index in [4.69, 9.17) is 4.74 Å². The summed E-state index contributed by atoms with van der Waals surface area (Å²) < 4.78 is 18.8. The summed E-state index contributed by atoms with van der Waals surface area (Å²) in [7, 11) is 1.30. The molecule has 2 N–H and O–H groups in total. The highest BCUT2D eigenvalue weighted by Crippen LogP contribution is 2.25. The van der Waals surface area contributed by atoms with Crippen molar-refractivity contribution in [1.29, 1.82) is 0 Å². The Labute approximate surface area is 152 Å². The van der Waals surface area contributed by atoms with Crippen molar-refractivity contribution < 1.29 is 18.7 Å². The predicted molar refractivity (Wildman–Crippen MR) is 99.3 cm³/mol. The topological polar surface area (TPSA) is 67.4 Å². The molecule has 0 unspecified atom stereocenters. The average molecular weight is 358 g/mol. The molecule has 2 aromatic carbocycles. The smallest absolute Gasteiger partial charge is 0.259 e.